The Hall–Kier alpha value is 0. The first-order valence-electron chi connectivity index (χ1n) is 9.38. The highest BCUT2D eigenvalue weighted by molar-refractivity contribution is 4.76. The fourth-order valence-corrected chi connectivity index (χ4v) is 3.15. The summed E-state index contributed by atoms with van der Waals surface area (Å²) in [5.41, 5.74) is 1.18. The molecule has 0 spiro atoms. The summed E-state index contributed by atoms with van der Waals surface area (Å²) < 4.78 is 0. The van der Waals surface area contributed by atoms with E-state index >= 15 is 0 Å². The third kappa shape index (κ3) is 7.14. The van der Waals surface area contributed by atoms with Gasteiger partial charge in [-0.3, -0.25) is 0 Å². The molecule has 20 heavy (non-hydrogen) atoms. The molecule has 0 aliphatic rings. The van der Waals surface area contributed by atoms with Gasteiger partial charge in [0, 0.05) is 0 Å². The standard InChI is InChI=1S/C20H42/c1-8-13-18(14-16-19(6,9-2)10-3)15-17-20(7,11-4)12-5/h18H,8-17H2,1-7H3. The van der Waals surface area contributed by atoms with Crippen molar-refractivity contribution in [3.63, 3.8) is 0 Å². The predicted molar refractivity (Wildman–Crippen MR) is 94.2 cm³/mol. The van der Waals surface area contributed by atoms with Crippen molar-refractivity contribution < 1.29 is 0 Å². The summed E-state index contributed by atoms with van der Waals surface area (Å²) in [6.07, 6.45) is 13.9. The average molecular weight is 283 g/mol. The van der Waals surface area contributed by atoms with Crippen LogP contribution in [0.2, 0.25) is 0 Å². The summed E-state index contributed by atoms with van der Waals surface area (Å²) in [6, 6.07) is 0. The van der Waals surface area contributed by atoms with Crippen LogP contribution in [0.1, 0.15) is 113 Å². The van der Waals surface area contributed by atoms with Crippen LogP contribution in [0.4, 0.5) is 0 Å². The minimum absolute atomic E-state index is 0.588. The van der Waals surface area contributed by atoms with Crippen LogP contribution in [-0.4, -0.2) is 0 Å². The summed E-state index contributed by atoms with van der Waals surface area (Å²) in [5, 5.41) is 0. The first-order chi connectivity index (χ1) is 9.38. The first kappa shape index (κ1) is 20.0. The molecule has 0 N–H and O–H groups in total. The minimum atomic E-state index is 0.588. The summed E-state index contributed by atoms with van der Waals surface area (Å²) >= 11 is 0. The van der Waals surface area contributed by atoms with Gasteiger partial charge in [0.25, 0.3) is 0 Å². The largest absolute Gasteiger partial charge is 0.0654 e. The van der Waals surface area contributed by atoms with Gasteiger partial charge in [-0.25, -0.2) is 0 Å². The second-order valence-corrected chi connectivity index (χ2v) is 7.77. The van der Waals surface area contributed by atoms with E-state index in [4.69, 9.17) is 0 Å². The van der Waals surface area contributed by atoms with E-state index < -0.39 is 0 Å². The Morgan fingerprint density at radius 2 is 0.950 bits per heavy atom. The Morgan fingerprint density at radius 3 is 1.20 bits per heavy atom. The van der Waals surface area contributed by atoms with Crippen molar-refractivity contribution in [1.29, 1.82) is 0 Å². The lowest BCUT2D eigenvalue weighted by Crippen LogP contribution is -2.18. The van der Waals surface area contributed by atoms with E-state index in [1.807, 2.05) is 0 Å². The second-order valence-electron chi connectivity index (χ2n) is 7.77. The Labute approximate surface area is 130 Å². The topological polar surface area (TPSA) is 0 Å². The molecule has 0 rings (SSSR count). The number of hydrogen-bond acceptors (Lipinski definition) is 0. The third-order valence-electron chi connectivity index (χ3n) is 6.42. The predicted octanol–water partition coefficient (Wildman–Crippen LogP) is 7.62. The Kier molecular flexibility index (Phi) is 9.85. The zero-order valence-corrected chi connectivity index (χ0v) is 15.6. The van der Waals surface area contributed by atoms with Gasteiger partial charge in [-0.2, -0.15) is 0 Å². The quantitative estimate of drug-likeness (QED) is 0.345. The van der Waals surface area contributed by atoms with Crippen LogP contribution in [0.25, 0.3) is 0 Å². The fourth-order valence-electron chi connectivity index (χ4n) is 3.15. The van der Waals surface area contributed by atoms with Gasteiger partial charge < -0.3 is 0 Å². The molecule has 0 radical (unpaired) electrons. The zero-order valence-electron chi connectivity index (χ0n) is 15.6. The lowest BCUT2D eigenvalue weighted by Gasteiger charge is -2.32. The van der Waals surface area contributed by atoms with Gasteiger partial charge in [0.2, 0.25) is 0 Å². The van der Waals surface area contributed by atoms with Gasteiger partial charge in [0.05, 0.1) is 0 Å². The maximum absolute atomic E-state index is 2.48. The van der Waals surface area contributed by atoms with Crippen LogP contribution in [0.5, 0.6) is 0 Å². The van der Waals surface area contributed by atoms with E-state index in [-0.39, 0.29) is 0 Å². The zero-order chi connectivity index (χ0) is 15.6. The smallest absolute Gasteiger partial charge is 0.0331 e. The molecule has 0 atom stereocenters. The van der Waals surface area contributed by atoms with E-state index in [0.717, 1.165) is 5.92 Å². The lowest BCUT2D eigenvalue weighted by atomic mass is 9.74. The van der Waals surface area contributed by atoms with Gasteiger partial charge in [-0.05, 0) is 42.4 Å². The van der Waals surface area contributed by atoms with Gasteiger partial charge in [0.1, 0.15) is 0 Å². The highest BCUT2D eigenvalue weighted by Crippen LogP contribution is 2.37. The maximum Gasteiger partial charge on any atom is -0.0331 e. The molecule has 0 amide bonds. The Morgan fingerprint density at radius 1 is 0.600 bits per heavy atom. The number of hydrogen-bond donors (Lipinski definition) is 0. The van der Waals surface area contributed by atoms with Crippen molar-refractivity contribution in [2.75, 3.05) is 0 Å². The molecule has 0 aromatic rings. The molecule has 0 saturated heterocycles. The van der Waals surface area contributed by atoms with Crippen LogP contribution < -0.4 is 0 Å². The van der Waals surface area contributed by atoms with Gasteiger partial charge in [-0.1, -0.05) is 87.0 Å². The Balaban J connectivity index is 4.36. The highest BCUT2D eigenvalue weighted by Gasteiger charge is 2.24. The Bertz CT molecular complexity index is 198. The summed E-state index contributed by atoms with van der Waals surface area (Å²) in [7, 11) is 0. The monoisotopic (exact) mass is 282 g/mol. The van der Waals surface area contributed by atoms with E-state index in [1.165, 1.54) is 64.2 Å². The summed E-state index contributed by atoms with van der Waals surface area (Å²) in [5.74, 6) is 0.967. The molecule has 122 valence electrons. The van der Waals surface area contributed by atoms with Crippen LogP contribution >= 0.6 is 0 Å². The third-order valence-corrected chi connectivity index (χ3v) is 6.42. The molecule has 0 fully saturated rings. The average Bonchev–Trinajstić information content (AvgIpc) is 2.49. The molecule has 0 nitrogen and oxygen atoms in total. The van der Waals surface area contributed by atoms with Gasteiger partial charge in [0.15, 0.2) is 0 Å². The minimum Gasteiger partial charge on any atom is -0.0654 e. The molecule has 0 aliphatic carbocycles. The van der Waals surface area contributed by atoms with Crippen LogP contribution in [0, 0.1) is 16.7 Å². The van der Waals surface area contributed by atoms with E-state index in [2.05, 4.69) is 48.5 Å². The summed E-state index contributed by atoms with van der Waals surface area (Å²) in [4.78, 5) is 0. The molecule has 0 unspecified atom stereocenters. The molecule has 0 aromatic heterocycles. The van der Waals surface area contributed by atoms with Crippen molar-refractivity contribution >= 4 is 0 Å². The van der Waals surface area contributed by atoms with Crippen molar-refractivity contribution in [3.05, 3.63) is 0 Å². The van der Waals surface area contributed by atoms with Crippen molar-refractivity contribution in [3.8, 4) is 0 Å². The molecule has 0 heterocycles. The normalized spacial score (nSPS) is 13.2. The first-order valence-corrected chi connectivity index (χ1v) is 9.38. The van der Waals surface area contributed by atoms with Crippen LogP contribution in [-0.2, 0) is 0 Å². The molecule has 0 saturated carbocycles. The van der Waals surface area contributed by atoms with E-state index in [1.54, 1.807) is 0 Å². The van der Waals surface area contributed by atoms with Crippen LogP contribution in [0.3, 0.4) is 0 Å². The van der Waals surface area contributed by atoms with Crippen molar-refractivity contribution in [2.45, 2.75) is 113 Å². The number of rotatable bonds is 12. The second kappa shape index (κ2) is 9.85. The molecular formula is C20H42. The SMILES string of the molecule is CCCC(CCC(C)(CC)CC)CCC(C)(CC)CC. The molecular weight excluding hydrogens is 240 g/mol. The van der Waals surface area contributed by atoms with Crippen molar-refractivity contribution in [1.82, 2.24) is 0 Å². The molecule has 0 aromatic carbocycles. The molecule has 0 heteroatoms. The van der Waals surface area contributed by atoms with Crippen molar-refractivity contribution in [2.24, 2.45) is 16.7 Å². The van der Waals surface area contributed by atoms with E-state index in [9.17, 15) is 0 Å². The van der Waals surface area contributed by atoms with E-state index in [0.29, 0.717) is 10.8 Å². The van der Waals surface area contributed by atoms with Gasteiger partial charge in [-0.15, -0.1) is 0 Å². The van der Waals surface area contributed by atoms with Crippen LogP contribution in [0.15, 0.2) is 0 Å². The lowest BCUT2D eigenvalue weighted by molar-refractivity contribution is 0.205. The maximum atomic E-state index is 2.48. The molecule has 0 aliphatic heterocycles. The molecule has 0 bridgehead atoms. The summed E-state index contributed by atoms with van der Waals surface area (Å²) in [6.45, 7) is 16.8. The fraction of sp³-hybridized carbons (Fsp3) is 1.00. The highest BCUT2D eigenvalue weighted by atomic mass is 14.3. The van der Waals surface area contributed by atoms with Gasteiger partial charge >= 0.3 is 0 Å².